The van der Waals surface area contributed by atoms with E-state index in [2.05, 4.69) is 98.3 Å². The van der Waals surface area contributed by atoms with Gasteiger partial charge in [0.1, 0.15) is 0 Å². The van der Waals surface area contributed by atoms with Crippen LogP contribution in [-0.2, 0) is 0 Å². The molecule has 2 nitrogen and oxygen atoms in total. The minimum atomic E-state index is 0.280. The number of nitrogens with one attached hydrogen (secondary N) is 2. The van der Waals surface area contributed by atoms with Gasteiger partial charge >= 0.3 is 0 Å². The van der Waals surface area contributed by atoms with Gasteiger partial charge in [-0.1, -0.05) is 72.8 Å². The first kappa shape index (κ1) is 20.2. The van der Waals surface area contributed by atoms with E-state index >= 15 is 0 Å². The first-order chi connectivity index (χ1) is 12.7. The van der Waals surface area contributed by atoms with Crippen molar-refractivity contribution in [3.8, 4) is 0 Å². The summed E-state index contributed by atoms with van der Waals surface area (Å²) in [6, 6.07) is 22.3. The van der Waals surface area contributed by atoms with E-state index in [0.717, 1.165) is 12.8 Å². The summed E-state index contributed by atoms with van der Waals surface area (Å²) in [5.41, 5.74) is 2.60. The van der Waals surface area contributed by atoms with Gasteiger partial charge in [-0.15, -0.1) is 13.2 Å². The van der Waals surface area contributed by atoms with E-state index in [-0.39, 0.29) is 24.2 Å². The van der Waals surface area contributed by atoms with Crippen LogP contribution in [0.2, 0.25) is 0 Å². The summed E-state index contributed by atoms with van der Waals surface area (Å²) in [6.07, 6.45) is 5.81. The highest BCUT2D eigenvalue weighted by atomic mass is 15.0. The number of hydrogen-bond acceptors (Lipinski definition) is 2. The lowest BCUT2D eigenvalue weighted by Crippen LogP contribution is -2.49. The van der Waals surface area contributed by atoms with Crippen molar-refractivity contribution in [2.24, 2.45) is 0 Å². The van der Waals surface area contributed by atoms with Crippen LogP contribution in [0.3, 0.4) is 0 Å². The van der Waals surface area contributed by atoms with Crippen LogP contribution in [0.1, 0.15) is 49.9 Å². The molecule has 0 unspecified atom stereocenters. The van der Waals surface area contributed by atoms with Crippen LogP contribution in [0, 0.1) is 0 Å². The van der Waals surface area contributed by atoms with Gasteiger partial charge in [0.2, 0.25) is 0 Å². The largest absolute Gasteiger partial charge is 0.306 e. The van der Waals surface area contributed by atoms with E-state index in [4.69, 9.17) is 0 Å². The molecule has 2 heteroatoms. The Kier molecular flexibility index (Phi) is 8.33. The van der Waals surface area contributed by atoms with Crippen LogP contribution in [0.4, 0.5) is 0 Å². The lowest BCUT2D eigenvalue weighted by Gasteiger charge is -2.33. The molecule has 2 aromatic carbocycles. The Morgan fingerprint density at radius 1 is 0.692 bits per heavy atom. The van der Waals surface area contributed by atoms with Crippen LogP contribution in [0.5, 0.6) is 0 Å². The van der Waals surface area contributed by atoms with Gasteiger partial charge in [-0.3, -0.25) is 0 Å². The molecule has 0 bridgehead atoms. The van der Waals surface area contributed by atoms with Crippen molar-refractivity contribution >= 4 is 0 Å². The van der Waals surface area contributed by atoms with Gasteiger partial charge in [-0.25, -0.2) is 0 Å². The normalized spacial score (nSPS) is 15.6. The minimum absolute atomic E-state index is 0.280. The Morgan fingerprint density at radius 3 is 1.35 bits per heavy atom. The monoisotopic (exact) mass is 348 g/mol. The first-order valence-electron chi connectivity index (χ1n) is 9.49. The van der Waals surface area contributed by atoms with Gasteiger partial charge in [0.05, 0.1) is 0 Å². The molecule has 0 aliphatic rings. The van der Waals surface area contributed by atoms with Crippen LogP contribution >= 0.6 is 0 Å². The van der Waals surface area contributed by atoms with Crippen LogP contribution < -0.4 is 10.6 Å². The molecule has 0 aliphatic carbocycles. The summed E-state index contributed by atoms with van der Waals surface area (Å²) in [5.74, 6) is 0. The highest BCUT2D eigenvalue weighted by molar-refractivity contribution is 5.20. The van der Waals surface area contributed by atoms with Crippen molar-refractivity contribution in [1.82, 2.24) is 10.6 Å². The van der Waals surface area contributed by atoms with E-state index in [9.17, 15) is 0 Å². The van der Waals surface area contributed by atoms with Gasteiger partial charge in [-0.05, 0) is 37.8 Å². The molecule has 138 valence electrons. The summed E-state index contributed by atoms with van der Waals surface area (Å²) < 4.78 is 0. The van der Waals surface area contributed by atoms with Crippen molar-refractivity contribution in [1.29, 1.82) is 0 Å². The van der Waals surface area contributed by atoms with Gasteiger partial charge in [0.25, 0.3) is 0 Å². The molecule has 0 fully saturated rings. The molecule has 0 radical (unpaired) electrons. The second-order valence-corrected chi connectivity index (χ2v) is 6.86. The molecule has 0 spiro atoms. The van der Waals surface area contributed by atoms with E-state index in [1.165, 1.54) is 11.1 Å². The molecule has 0 saturated heterocycles. The number of rotatable bonds is 11. The maximum atomic E-state index is 3.97. The molecule has 4 atom stereocenters. The average molecular weight is 349 g/mol. The summed E-state index contributed by atoms with van der Waals surface area (Å²) in [4.78, 5) is 0. The Morgan fingerprint density at radius 2 is 1.04 bits per heavy atom. The zero-order valence-corrected chi connectivity index (χ0v) is 16.1. The molecule has 0 saturated carbocycles. The highest BCUT2D eigenvalue weighted by Gasteiger charge is 2.23. The average Bonchev–Trinajstić information content (AvgIpc) is 2.68. The molecule has 0 amide bonds. The third-order valence-corrected chi connectivity index (χ3v) is 4.85. The molecule has 2 rings (SSSR count). The fourth-order valence-corrected chi connectivity index (χ4v) is 3.37. The highest BCUT2D eigenvalue weighted by Crippen LogP contribution is 2.19. The van der Waals surface area contributed by atoms with E-state index in [1.807, 2.05) is 12.2 Å². The summed E-state index contributed by atoms with van der Waals surface area (Å²) >= 11 is 0. The Labute approximate surface area is 159 Å². The predicted octanol–water partition coefficient (Wildman–Crippen LogP) is 5.58. The number of benzene rings is 2. The summed E-state index contributed by atoms with van der Waals surface area (Å²) in [7, 11) is 0. The smallest absolute Gasteiger partial charge is 0.0295 e. The molecular weight excluding hydrogens is 316 g/mol. The van der Waals surface area contributed by atoms with Crippen LogP contribution in [-0.4, -0.2) is 12.1 Å². The molecular formula is C24H32N2. The van der Waals surface area contributed by atoms with Gasteiger partial charge in [-0.2, -0.15) is 0 Å². The standard InChI is InChI=1S/C24H32N2/c1-5-13-23(25-19(3)21-15-9-7-10-16-21)24(14-6-2)26-20(4)22-17-11-8-12-18-22/h5-12,15-20,23-26H,1-2,13-14H2,3-4H3/t19-,20-,23-,24-/m0/s1. The van der Waals surface area contributed by atoms with Crippen LogP contribution in [0.25, 0.3) is 0 Å². The zero-order chi connectivity index (χ0) is 18.8. The van der Waals surface area contributed by atoms with E-state index < -0.39 is 0 Å². The SMILES string of the molecule is C=CC[C@H](N[C@@H](C)c1ccccc1)[C@H](CC=C)N[C@@H](C)c1ccccc1. The maximum absolute atomic E-state index is 3.97. The van der Waals surface area contributed by atoms with Crippen molar-refractivity contribution < 1.29 is 0 Å². The molecule has 2 N–H and O–H groups in total. The molecule has 26 heavy (non-hydrogen) atoms. The summed E-state index contributed by atoms with van der Waals surface area (Å²) in [5, 5.41) is 7.59. The van der Waals surface area contributed by atoms with Crippen molar-refractivity contribution in [3.63, 3.8) is 0 Å². The predicted molar refractivity (Wildman–Crippen MR) is 113 cm³/mol. The Hall–Kier alpha value is -2.16. The van der Waals surface area contributed by atoms with E-state index in [1.54, 1.807) is 0 Å². The Balaban J connectivity index is 2.11. The lowest BCUT2D eigenvalue weighted by atomic mass is 9.97. The molecule has 0 aliphatic heterocycles. The second-order valence-electron chi connectivity index (χ2n) is 6.86. The molecule has 2 aromatic rings. The van der Waals surface area contributed by atoms with Gasteiger partial charge in [0, 0.05) is 24.2 Å². The first-order valence-corrected chi connectivity index (χ1v) is 9.49. The minimum Gasteiger partial charge on any atom is -0.306 e. The second kappa shape index (κ2) is 10.7. The topological polar surface area (TPSA) is 24.1 Å². The Bertz CT molecular complexity index is 591. The maximum Gasteiger partial charge on any atom is 0.0295 e. The lowest BCUT2D eigenvalue weighted by molar-refractivity contribution is 0.324. The van der Waals surface area contributed by atoms with Crippen molar-refractivity contribution in [3.05, 3.63) is 97.1 Å². The van der Waals surface area contributed by atoms with E-state index in [0.29, 0.717) is 0 Å². The molecule has 0 aromatic heterocycles. The third kappa shape index (κ3) is 5.98. The fraction of sp³-hybridized carbons (Fsp3) is 0.333. The quantitative estimate of drug-likeness (QED) is 0.518. The van der Waals surface area contributed by atoms with Gasteiger partial charge < -0.3 is 10.6 Å². The number of hydrogen-bond donors (Lipinski definition) is 2. The van der Waals surface area contributed by atoms with Crippen LogP contribution in [0.15, 0.2) is 86.0 Å². The van der Waals surface area contributed by atoms with Gasteiger partial charge in [0.15, 0.2) is 0 Å². The zero-order valence-electron chi connectivity index (χ0n) is 16.1. The van der Waals surface area contributed by atoms with Crippen molar-refractivity contribution in [2.75, 3.05) is 0 Å². The molecule has 0 heterocycles. The van der Waals surface area contributed by atoms with Crippen molar-refractivity contribution in [2.45, 2.75) is 50.9 Å². The fourth-order valence-electron chi connectivity index (χ4n) is 3.37. The summed E-state index contributed by atoms with van der Waals surface area (Å²) in [6.45, 7) is 12.4. The third-order valence-electron chi connectivity index (χ3n) is 4.85.